The summed E-state index contributed by atoms with van der Waals surface area (Å²) in [7, 11) is 0. The minimum absolute atomic E-state index is 0.232. The maximum atomic E-state index is 12.0. The molecule has 3 rings (SSSR count). The number of carbonyl (C=O) groups is 2. The van der Waals surface area contributed by atoms with Gasteiger partial charge in [-0.2, -0.15) is 0 Å². The molecule has 0 saturated heterocycles. The molecule has 3 amide bonds. The Labute approximate surface area is 155 Å². The van der Waals surface area contributed by atoms with Gasteiger partial charge in [0.15, 0.2) is 0 Å². The number of nitrogens with one attached hydrogen (secondary N) is 3. The second-order valence-electron chi connectivity index (χ2n) is 5.36. The minimum atomic E-state index is -0.350. The third-order valence-corrected chi connectivity index (χ3v) is 4.20. The average molecular weight is 363 g/mol. The molecule has 0 bridgehead atoms. The predicted octanol–water partition coefficient (Wildman–Crippen LogP) is 5.04. The van der Waals surface area contributed by atoms with Crippen molar-refractivity contribution in [1.29, 1.82) is 0 Å². The van der Waals surface area contributed by atoms with Gasteiger partial charge < -0.3 is 16.0 Å². The topological polar surface area (TPSA) is 70.2 Å². The van der Waals surface area contributed by atoms with E-state index in [1.165, 1.54) is 6.08 Å². The van der Waals surface area contributed by atoms with Crippen LogP contribution in [0.25, 0.3) is 6.08 Å². The van der Waals surface area contributed by atoms with Gasteiger partial charge in [0, 0.05) is 28.0 Å². The van der Waals surface area contributed by atoms with Crippen molar-refractivity contribution in [3.05, 3.63) is 83.1 Å². The van der Waals surface area contributed by atoms with Gasteiger partial charge in [-0.15, -0.1) is 11.3 Å². The highest BCUT2D eigenvalue weighted by atomic mass is 32.1. The van der Waals surface area contributed by atoms with E-state index in [-0.39, 0.29) is 11.9 Å². The van der Waals surface area contributed by atoms with Crippen molar-refractivity contribution in [2.75, 3.05) is 16.0 Å². The van der Waals surface area contributed by atoms with Gasteiger partial charge in [0.25, 0.3) is 0 Å². The Morgan fingerprint density at radius 2 is 1.46 bits per heavy atom. The van der Waals surface area contributed by atoms with Crippen LogP contribution >= 0.6 is 11.3 Å². The predicted molar refractivity (Wildman–Crippen MR) is 108 cm³/mol. The normalized spacial score (nSPS) is 10.5. The third-order valence-electron chi connectivity index (χ3n) is 3.36. The zero-order chi connectivity index (χ0) is 18.2. The maximum Gasteiger partial charge on any atom is 0.323 e. The third kappa shape index (κ3) is 5.32. The molecule has 5 nitrogen and oxygen atoms in total. The van der Waals surface area contributed by atoms with E-state index < -0.39 is 0 Å². The van der Waals surface area contributed by atoms with Crippen molar-refractivity contribution in [2.24, 2.45) is 0 Å². The Kier molecular flexibility index (Phi) is 5.80. The van der Waals surface area contributed by atoms with Gasteiger partial charge in [0.05, 0.1) is 0 Å². The summed E-state index contributed by atoms with van der Waals surface area (Å²) in [4.78, 5) is 25.0. The van der Waals surface area contributed by atoms with E-state index in [0.717, 1.165) is 4.88 Å². The zero-order valence-corrected chi connectivity index (χ0v) is 14.6. The second kappa shape index (κ2) is 8.64. The molecule has 0 unspecified atom stereocenters. The molecule has 0 aliphatic rings. The molecule has 26 heavy (non-hydrogen) atoms. The van der Waals surface area contributed by atoms with Gasteiger partial charge in [-0.3, -0.25) is 4.79 Å². The van der Waals surface area contributed by atoms with E-state index in [1.807, 2.05) is 35.7 Å². The number of carbonyl (C=O) groups excluding carboxylic acids is 2. The molecule has 0 fully saturated rings. The monoisotopic (exact) mass is 363 g/mol. The standard InChI is InChI=1S/C20H17N3O2S/c24-19(12-11-18-10-5-13-26-18)21-16-8-4-9-17(14-16)23-20(25)22-15-6-2-1-3-7-15/h1-14H,(H,21,24)(H2,22,23,25)/b12-11+. The summed E-state index contributed by atoms with van der Waals surface area (Å²) < 4.78 is 0. The number of urea groups is 1. The van der Waals surface area contributed by atoms with E-state index in [2.05, 4.69) is 16.0 Å². The lowest BCUT2D eigenvalue weighted by atomic mass is 10.2. The number of hydrogen-bond acceptors (Lipinski definition) is 3. The van der Waals surface area contributed by atoms with Crippen LogP contribution in [0.3, 0.4) is 0 Å². The fourth-order valence-electron chi connectivity index (χ4n) is 2.22. The summed E-state index contributed by atoms with van der Waals surface area (Å²) in [5.74, 6) is -0.232. The zero-order valence-electron chi connectivity index (χ0n) is 13.8. The first-order valence-electron chi connectivity index (χ1n) is 7.95. The molecule has 0 aliphatic carbocycles. The number of para-hydroxylation sites is 1. The fraction of sp³-hybridized carbons (Fsp3) is 0. The Hall–Kier alpha value is -3.38. The number of thiophene rings is 1. The van der Waals surface area contributed by atoms with Gasteiger partial charge in [-0.25, -0.2) is 4.79 Å². The van der Waals surface area contributed by atoms with Crippen LogP contribution in [0.15, 0.2) is 78.2 Å². The maximum absolute atomic E-state index is 12.0. The van der Waals surface area contributed by atoms with Crippen LogP contribution in [0.2, 0.25) is 0 Å². The highest BCUT2D eigenvalue weighted by Gasteiger charge is 2.04. The molecule has 0 aliphatic heterocycles. The van der Waals surface area contributed by atoms with Crippen molar-refractivity contribution in [2.45, 2.75) is 0 Å². The number of hydrogen-bond donors (Lipinski definition) is 3. The number of amides is 3. The molecular formula is C20H17N3O2S. The number of anilines is 3. The lowest BCUT2D eigenvalue weighted by Gasteiger charge is -2.09. The van der Waals surface area contributed by atoms with Gasteiger partial charge in [-0.1, -0.05) is 30.3 Å². The lowest BCUT2D eigenvalue weighted by molar-refractivity contribution is -0.111. The molecule has 1 heterocycles. The van der Waals surface area contributed by atoms with Gasteiger partial charge >= 0.3 is 6.03 Å². The molecule has 130 valence electrons. The summed E-state index contributed by atoms with van der Waals surface area (Å²) >= 11 is 1.56. The van der Waals surface area contributed by atoms with Crippen molar-refractivity contribution in [3.63, 3.8) is 0 Å². The van der Waals surface area contributed by atoms with Crippen LogP contribution in [0.4, 0.5) is 21.9 Å². The minimum Gasteiger partial charge on any atom is -0.322 e. The van der Waals surface area contributed by atoms with E-state index in [0.29, 0.717) is 17.1 Å². The van der Waals surface area contributed by atoms with Gasteiger partial charge in [0.1, 0.15) is 0 Å². The van der Waals surface area contributed by atoms with Crippen LogP contribution in [0, 0.1) is 0 Å². The Morgan fingerprint density at radius 1 is 0.769 bits per heavy atom. The molecule has 1 aromatic heterocycles. The lowest BCUT2D eigenvalue weighted by Crippen LogP contribution is -2.19. The van der Waals surface area contributed by atoms with Crippen LogP contribution in [0.5, 0.6) is 0 Å². The number of benzene rings is 2. The molecule has 3 aromatic rings. The fourth-order valence-corrected chi connectivity index (χ4v) is 2.84. The summed E-state index contributed by atoms with van der Waals surface area (Å²) in [5, 5.41) is 10.2. The molecule has 6 heteroatoms. The van der Waals surface area contributed by atoms with Gasteiger partial charge in [-0.05, 0) is 47.9 Å². The molecular weight excluding hydrogens is 346 g/mol. The van der Waals surface area contributed by atoms with Gasteiger partial charge in [0.2, 0.25) is 5.91 Å². The van der Waals surface area contributed by atoms with Crippen molar-refractivity contribution >= 4 is 46.4 Å². The first kappa shape index (κ1) is 17.4. The highest BCUT2D eigenvalue weighted by Crippen LogP contribution is 2.16. The van der Waals surface area contributed by atoms with Crippen LogP contribution < -0.4 is 16.0 Å². The average Bonchev–Trinajstić information content (AvgIpc) is 3.14. The van der Waals surface area contributed by atoms with Crippen molar-refractivity contribution in [1.82, 2.24) is 0 Å². The van der Waals surface area contributed by atoms with Crippen molar-refractivity contribution in [3.8, 4) is 0 Å². The summed E-state index contributed by atoms with van der Waals surface area (Å²) in [6.07, 6.45) is 3.24. The van der Waals surface area contributed by atoms with E-state index in [4.69, 9.17) is 0 Å². The molecule has 2 aromatic carbocycles. The Morgan fingerprint density at radius 3 is 2.19 bits per heavy atom. The van der Waals surface area contributed by atoms with E-state index >= 15 is 0 Å². The first-order valence-corrected chi connectivity index (χ1v) is 8.83. The smallest absolute Gasteiger partial charge is 0.322 e. The van der Waals surface area contributed by atoms with E-state index in [1.54, 1.807) is 53.8 Å². The molecule has 0 spiro atoms. The quantitative estimate of drug-likeness (QED) is 0.556. The second-order valence-corrected chi connectivity index (χ2v) is 6.34. The summed E-state index contributed by atoms with van der Waals surface area (Å²) in [5.41, 5.74) is 1.88. The van der Waals surface area contributed by atoms with E-state index in [9.17, 15) is 9.59 Å². The molecule has 0 saturated carbocycles. The summed E-state index contributed by atoms with van der Waals surface area (Å²) in [6.45, 7) is 0. The first-order chi connectivity index (χ1) is 12.7. The number of rotatable bonds is 5. The SMILES string of the molecule is O=C(/C=C/c1cccs1)Nc1cccc(NC(=O)Nc2ccccc2)c1. The Bertz CT molecular complexity index is 906. The highest BCUT2D eigenvalue weighted by molar-refractivity contribution is 7.10. The van der Waals surface area contributed by atoms with Crippen LogP contribution in [-0.2, 0) is 4.79 Å². The summed E-state index contributed by atoms with van der Waals surface area (Å²) in [6, 6.07) is 19.6. The Balaban J connectivity index is 1.57. The van der Waals surface area contributed by atoms with Crippen LogP contribution in [-0.4, -0.2) is 11.9 Å². The van der Waals surface area contributed by atoms with Crippen LogP contribution in [0.1, 0.15) is 4.88 Å². The molecule has 3 N–H and O–H groups in total. The largest absolute Gasteiger partial charge is 0.323 e. The van der Waals surface area contributed by atoms with Crippen molar-refractivity contribution < 1.29 is 9.59 Å². The molecule has 0 atom stereocenters. The molecule has 0 radical (unpaired) electrons.